The largest absolute Gasteiger partial charge is 0.443 e. The molecule has 20 heavy (non-hydrogen) atoms. The Morgan fingerprint density at radius 3 is 2.40 bits per heavy atom. The van der Waals surface area contributed by atoms with Crippen LogP contribution in [0.2, 0.25) is 0 Å². The number of carbonyl (C=O) groups is 1. The van der Waals surface area contributed by atoms with Gasteiger partial charge in [-0.3, -0.25) is 0 Å². The van der Waals surface area contributed by atoms with Crippen LogP contribution in [0.3, 0.4) is 0 Å². The molecule has 0 aliphatic carbocycles. The van der Waals surface area contributed by atoms with Gasteiger partial charge in [-0.15, -0.1) is 0 Å². The fraction of sp³-hybridized carbons (Fsp3) is 0.923. The zero-order valence-electron chi connectivity index (χ0n) is 13.0. The normalized spacial score (nSPS) is 24.2. The predicted molar refractivity (Wildman–Crippen MR) is 78.0 cm³/mol. The molecule has 1 amide bonds. The standard InChI is InChI=1S/C13H26N2O4S/c1-10-7-6-8-11(14-10)9-15(20(5,17)18)12(16)19-13(2,3)4/h10-11,14H,6-9H2,1-5H3. The van der Waals surface area contributed by atoms with E-state index in [0.717, 1.165) is 29.8 Å². The summed E-state index contributed by atoms with van der Waals surface area (Å²) in [5.41, 5.74) is -0.715. The highest BCUT2D eigenvalue weighted by Gasteiger charge is 2.32. The molecule has 0 aromatic heterocycles. The zero-order chi connectivity index (χ0) is 15.6. The van der Waals surface area contributed by atoms with E-state index in [1.807, 2.05) is 0 Å². The number of sulfonamides is 1. The first-order chi connectivity index (χ1) is 8.99. The molecule has 1 rings (SSSR count). The number of nitrogens with one attached hydrogen (secondary N) is 1. The second-order valence-electron chi connectivity index (χ2n) is 6.47. The molecule has 2 unspecified atom stereocenters. The Hall–Kier alpha value is -0.820. The lowest BCUT2D eigenvalue weighted by Crippen LogP contribution is -2.51. The summed E-state index contributed by atoms with van der Waals surface area (Å²) in [6.45, 7) is 7.33. The summed E-state index contributed by atoms with van der Waals surface area (Å²) in [5.74, 6) is 0. The first-order valence-corrected chi connectivity index (χ1v) is 8.80. The van der Waals surface area contributed by atoms with Gasteiger partial charge in [0, 0.05) is 12.1 Å². The molecule has 0 aromatic rings. The Bertz CT molecular complexity index is 442. The SMILES string of the molecule is CC1CCCC(CN(C(=O)OC(C)(C)C)S(C)(=O)=O)N1. The molecule has 1 saturated heterocycles. The van der Waals surface area contributed by atoms with Gasteiger partial charge in [0.15, 0.2) is 0 Å². The van der Waals surface area contributed by atoms with Crippen molar-refractivity contribution in [1.29, 1.82) is 0 Å². The van der Waals surface area contributed by atoms with Crippen LogP contribution in [0.1, 0.15) is 47.0 Å². The monoisotopic (exact) mass is 306 g/mol. The summed E-state index contributed by atoms with van der Waals surface area (Å²) < 4.78 is 29.6. The van der Waals surface area contributed by atoms with Crippen LogP contribution in [-0.2, 0) is 14.8 Å². The van der Waals surface area contributed by atoms with Gasteiger partial charge in [0.2, 0.25) is 10.0 Å². The summed E-state index contributed by atoms with van der Waals surface area (Å²) in [4.78, 5) is 12.1. The van der Waals surface area contributed by atoms with E-state index in [2.05, 4.69) is 12.2 Å². The fourth-order valence-electron chi connectivity index (χ4n) is 2.24. The average Bonchev–Trinajstić information content (AvgIpc) is 2.21. The Balaban J connectivity index is 2.78. The predicted octanol–water partition coefficient (Wildman–Crippen LogP) is 1.71. The molecular formula is C13H26N2O4S. The highest BCUT2D eigenvalue weighted by Crippen LogP contribution is 2.17. The first-order valence-electron chi connectivity index (χ1n) is 6.96. The number of nitrogens with zero attached hydrogens (tertiary/aromatic N) is 1. The van der Waals surface area contributed by atoms with E-state index >= 15 is 0 Å². The average molecular weight is 306 g/mol. The third kappa shape index (κ3) is 5.66. The number of piperidine rings is 1. The summed E-state index contributed by atoms with van der Waals surface area (Å²) >= 11 is 0. The molecule has 0 saturated carbocycles. The number of hydrogen-bond donors (Lipinski definition) is 1. The van der Waals surface area contributed by atoms with Crippen molar-refractivity contribution in [3.05, 3.63) is 0 Å². The van der Waals surface area contributed by atoms with Gasteiger partial charge in [-0.25, -0.2) is 17.5 Å². The highest BCUT2D eigenvalue weighted by atomic mass is 32.2. The number of amides is 1. The van der Waals surface area contributed by atoms with Crippen LogP contribution in [0.15, 0.2) is 0 Å². The lowest BCUT2D eigenvalue weighted by atomic mass is 10.00. The van der Waals surface area contributed by atoms with E-state index in [1.54, 1.807) is 20.8 Å². The van der Waals surface area contributed by atoms with E-state index in [4.69, 9.17) is 4.74 Å². The first kappa shape index (κ1) is 17.2. The van der Waals surface area contributed by atoms with Gasteiger partial charge in [0.25, 0.3) is 0 Å². The van der Waals surface area contributed by atoms with Crippen LogP contribution in [0, 0.1) is 0 Å². The van der Waals surface area contributed by atoms with Crippen molar-refractivity contribution in [2.75, 3.05) is 12.8 Å². The molecule has 1 N–H and O–H groups in total. The molecule has 1 heterocycles. The third-order valence-electron chi connectivity index (χ3n) is 3.09. The molecule has 0 aromatic carbocycles. The molecule has 1 fully saturated rings. The number of rotatable bonds is 3. The number of carbonyl (C=O) groups excluding carboxylic acids is 1. The minimum absolute atomic E-state index is 0.0130. The minimum atomic E-state index is -3.63. The lowest BCUT2D eigenvalue weighted by Gasteiger charge is -2.33. The topological polar surface area (TPSA) is 75.7 Å². The van der Waals surface area contributed by atoms with Crippen molar-refractivity contribution >= 4 is 16.1 Å². The molecule has 1 aliphatic rings. The quantitative estimate of drug-likeness (QED) is 0.859. The second kappa shape index (κ2) is 6.30. The van der Waals surface area contributed by atoms with Crippen LogP contribution in [0.4, 0.5) is 4.79 Å². The zero-order valence-corrected chi connectivity index (χ0v) is 13.8. The fourth-order valence-corrected chi connectivity index (χ4v) is 3.00. The van der Waals surface area contributed by atoms with Crippen LogP contribution >= 0.6 is 0 Å². The minimum Gasteiger partial charge on any atom is -0.443 e. The molecule has 118 valence electrons. The summed E-state index contributed by atoms with van der Waals surface area (Å²) in [5, 5.41) is 3.32. The summed E-state index contributed by atoms with van der Waals surface area (Å²) in [6.07, 6.45) is 3.19. The van der Waals surface area contributed by atoms with Gasteiger partial charge < -0.3 is 10.1 Å². The van der Waals surface area contributed by atoms with Crippen molar-refractivity contribution < 1.29 is 17.9 Å². The Kier molecular flexibility index (Phi) is 5.43. The van der Waals surface area contributed by atoms with Gasteiger partial charge in [-0.2, -0.15) is 0 Å². The van der Waals surface area contributed by atoms with E-state index in [-0.39, 0.29) is 12.6 Å². The van der Waals surface area contributed by atoms with Crippen molar-refractivity contribution in [1.82, 2.24) is 9.62 Å². The summed E-state index contributed by atoms with van der Waals surface area (Å²) in [6, 6.07) is 0.329. The van der Waals surface area contributed by atoms with E-state index in [0.29, 0.717) is 6.04 Å². The molecule has 6 nitrogen and oxygen atoms in total. The number of ether oxygens (including phenoxy) is 1. The Morgan fingerprint density at radius 2 is 1.95 bits per heavy atom. The van der Waals surface area contributed by atoms with Crippen LogP contribution in [0.5, 0.6) is 0 Å². The smallest absolute Gasteiger partial charge is 0.424 e. The highest BCUT2D eigenvalue weighted by molar-refractivity contribution is 7.88. The molecule has 7 heteroatoms. The maximum atomic E-state index is 12.1. The van der Waals surface area contributed by atoms with Crippen LogP contribution < -0.4 is 5.32 Å². The van der Waals surface area contributed by atoms with Crippen molar-refractivity contribution in [3.63, 3.8) is 0 Å². The van der Waals surface area contributed by atoms with Crippen molar-refractivity contribution in [2.45, 2.75) is 64.6 Å². The molecule has 0 spiro atoms. The van der Waals surface area contributed by atoms with Gasteiger partial charge in [-0.1, -0.05) is 6.42 Å². The summed E-state index contributed by atoms with van der Waals surface area (Å²) in [7, 11) is -3.63. The van der Waals surface area contributed by atoms with Gasteiger partial charge >= 0.3 is 6.09 Å². The molecule has 1 aliphatic heterocycles. The van der Waals surface area contributed by atoms with Crippen LogP contribution in [-0.4, -0.2) is 49.3 Å². The van der Waals surface area contributed by atoms with Crippen LogP contribution in [0.25, 0.3) is 0 Å². The van der Waals surface area contributed by atoms with Gasteiger partial charge in [0.1, 0.15) is 5.60 Å². The Morgan fingerprint density at radius 1 is 1.35 bits per heavy atom. The maximum absolute atomic E-state index is 12.1. The molecule has 0 bridgehead atoms. The van der Waals surface area contributed by atoms with E-state index in [9.17, 15) is 13.2 Å². The Labute approximate surface area is 121 Å². The van der Waals surface area contributed by atoms with Gasteiger partial charge in [0.05, 0.1) is 12.8 Å². The molecular weight excluding hydrogens is 280 g/mol. The molecule has 2 atom stereocenters. The van der Waals surface area contributed by atoms with Crippen molar-refractivity contribution in [3.8, 4) is 0 Å². The maximum Gasteiger partial charge on any atom is 0.424 e. The van der Waals surface area contributed by atoms with Gasteiger partial charge in [-0.05, 0) is 40.5 Å². The van der Waals surface area contributed by atoms with Crippen molar-refractivity contribution in [2.24, 2.45) is 0 Å². The van der Waals surface area contributed by atoms with E-state index < -0.39 is 21.7 Å². The molecule has 0 radical (unpaired) electrons. The second-order valence-corrected chi connectivity index (χ2v) is 8.38. The number of hydrogen-bond acceptors (Lipinski definition) is 5. The lowest BCUT2D eigenvalue weighted by molar-refractivity contribution is 0.0374. The third-order valence-corrected chi connectivity index (χ3v) is 4.19. The van der Waals surface area contributed by atoms with E-state index in [1.165, 1.54) is 0 Å².